The van der Waals surface area contributed by atoms with Gasteiger partial charge < -0.3 is 0 Å². The topological polar surface area (TPSA) is 20.3 Å². The van der Waals surface area contributed by atoms with Crippen LogP contribution in [0.3, 0.4) is 0 Å². The van der Waals surface area contributed by atoms with Crippen molar-refractivity contribution >= 4 is 23.4 Å². The van der Waals surface area contributed by atoms with Crippen LogP contribution in [0, 0.1) is 5.82 Å². The average Bonchev–Trinajstić information content (AvgIpc) is 2.88. The molecule has 0 bridgehead atoms. The van der Waals surface area contributed by atoms with Crippen LogP contribution in [0.5, 0.6) is 0 Å². The van der Waals surface area contributed by atoms with Crippen LogP contribution >= 0.6 is 11.8 Å². The average molecular weight is 341 g/mol. The highest BCUT2D eigenvalue weighted by Crippen LogP contribution is 2.46. The van der Waals surface area contributed by atoms with Crippen LogP contribution in [-0.4, -0.2) is 11.7 Å². The molecule has 0 N–H and O–H groups in total. The summed E-state index contributed by atoms with van der Waals surface area (Å²) in [6.07, 6.45) is -4.52. The van der Waals surface area contributed by atoms with Crippen molar-refractivity contribution in [3.05, 3.63) is 65.5 Å². The molecule has 1 saturated heterocycles. The molecular weight excluding hydrogens is 330 g/mol. The van der Waals surface area contributed by atoms with Gasteiger partial charge in [-0.2, -0.15) is 13.2 Å². The van der Waals surface area contributed by atoms with Crippen LogP contribution in [0.2, 0.25) is 0 Å². The second-order valence-electron chi connectivity index (χ2n) is 4.99. The van der Waals surface area contributed by atoms with Gasteiger partial charge in [-0.3, -0.25) is 9.69 Å². The van der Waals surface area contributed by atoms with Gasteiger partial charge in [0.05, 0.1) is 11.3 Å². The number of anilines is 1. The predicted octanol–water partition coefficient (Wildman–Crippen LogP) is 4.62. The summed E-state index contributed by atoms with van der Waals surface area (Å²) < 4.78 is 53.1. The molecule has 23 heavy (non-hydrogen) atoms. The molecule has 1 atom stereocenters. The van der Waals surface area contributed by atoms with Gasteiger partial charge in [-0.25, -0.2) is 4.39 Å². The van der Waals surface area contributed by atoms with E-state index in [0.29, 0.717) is 0 Å². The quantitative estimate of drug-likeness (QED) is 0.743. The molecule has 1 aliphatic rings. The zero-order valence-electron chi connectivity index (χ0n) is 11.7. The Morgan fingerprint density at radius 2 is 1.83 bits per heavy atom. The van der Waals surface area contributed by atoms with Gasteiger partial charge in [-0.15, -0.1) is 11.8 Å². The fourth-order valence-corrected chi connectivity index (χ4v) is 3.74. The number of hydrogen-bond donors (Lipinski definition) is 0. The Kier molecular flexibility index (Phi) is 4.06. The van der Waals surface area contributed by atoms with Gasteiger partial charge in [-0.05, 0) is 29.8 Å². The molecule has 0 radical (unpaired) electrons. The number of nitrogens with zero attached hydrogens (tertiary/aromatic N) is 1. The molecule has 0 spiro atoms. The zero-order valence-corrected chi connectivity index (χ0v) is 12.5. The maximum atomic E-state index is 13.4. The summed E-state index contributed by atoms with van der Waals surface area (Å²) >= 11 is 1.10. The van der Waals surface area contributed by atoms with Crippen LogP contribution in [0.1, 0.15) is 16.5 Å². The minimum absolute atomic E-state index is 0.000103. The monoisotopic (exact) mass is 341 g/mol. The second-order valence-corrected chi connectivity index (χ2v) is 6.06. The van der Waals surface area contributed by atoms with E-state index in [2.05, 4.69) is 0 Å². The third kappa shape index (κ3) is 3.06. The highest BCUT2D eigenvalue weighted by Gasteiger charge is 2.40. The first kappa shape index (κ1) is 15.9. The van der Waals surface area contributed by atoms with Crippen molar-refractivity contribution in [1.82, 2.24) is 0 Å². The normalized spacial score (nSPS) is 18.5. The lowest BCUT2D eigenvalue weighted by atomic mass is 10.1. The fraction of sp³-hybridized carbons (Fsp3) is 0.188. The number of carbonyl (C=O) groups excluding carboxylic acids is 1. The summed E-state index contributed by atoms with van der Waals surface area (Å²) in [5, 5.41) is -0.831. The molecule has 0 aromatic heterocycles. The standard InChI is InChI=1S/C16H11F4NOS/c17-10-4-3-5-11(8-10)21-14(22)9-23-15(21)12-6-1-2-7-13(12)16(18,19)20/h1-8,15H,9H2/t15-/m0/s1. The van der Waals surface area contributed by atoms with Crippen molar-refractivity contribution in [2.75, 3.05) is 10.7 Å². The van der Waals surface area contributed by atoms with E-state index in [9.17, 15) is 22.4 Å². The Hall–Kier alpha value is -2.02. The van der Waals surface area contributed by atoms with E-state index in [-0.39, 0.29) is 22.9 Å². The fourth-order valence-electron chi connectivity index (χ4n) is 2.53. The van der Waals surface area contributed by atoms with E-state index >= 15 is 0 Å². The third-order valence-corrected chi connectivity index (χ3v) is 4.68. The number of carbonyl (C=O) groups is 1. The summed E-state index contributed by atoms with van der Waals surface area (Å²) in [5.74, 6) is -0.842. The molecule has 120 valence electrons. The molecule has 1 amide bonds. The van der Waals surface area contributed by atoms with Crippen molar-refractivity contribution in [1.29, 1.82) is 0 Å². The Bertz CT molecular complexity index is 747. The van der Waals surface area contributed by atoms with Crippen LogP contribution < -0.4 is 4.90 Å². The zero-order chi connectivity index (χ0) is 16.6. The van der Waals surface area contributed by atoms with Crippen molar-refractivity contribution < 1.29 is 22.4 Å². The lowest BCUT2D eigenvalue weighted by Gasteiger charge is -2.26. The lowest BCUT2D eigenvalue weighted by molar-refractivity contribution is -0.138. The van der Waals surface area contributed by atoms with E-state index in [4.69, 9.17) is 0 Å². The van der Waals surface area contributed by atoms with E-state index in [0.717, 1.165) is 23.9 Å². The Morgan fingerprint density at radius 3 is 2.52 bits per heavy atom. The van der Waals surface area contributed by atoms with Crippen molar-refractivity contribution in [3.63, 3.8) is 0 Å². The second kappa shape index (κ2) is 5.88. The van der Waals surface area contributed by atoms with Gasteiger partial charge in [0.1, 0.15) is 11.2 Å². The number of thioether (sulfide) groups is 1. The van der Waals surface area contributed by atoms with Gasteiger partial charge >= 0.3 is 6.18 Å². The molecule has 0 aliphatic carbocycles. The third-order valence-electron chi connectivity index (χ3n) is 3.49. The molecule has 3 rings (SSSR count). The minimum atomic E-state index is -4.52. The van der Waals surface area contributed by atoms with Gasteiger partial charge in [0.25, 0.3) is 0 Å². The summed E-state index contributed by atoms with van der Waals surface area (Å²) in [6, 6.07) is 10.4. The smallest absolute Gasteiger partial charge is 0.295 e. The number of halogens is 4. The number of rotatable bonds is 2. The molecule has 1 aliphatic heterocycles. The van der Waals surface area contributed by atoms with Crippen LogP contribution in [0.15, 0.2) is 48.5 Å². The van der Waals surface area contributed by atoms with E-state index in [1.807, 2.05) is 0 Å². The first-order valence-corrected chi connectivity index (χ1v) is 7.78. The van der Waals surface area contributed by atoms with Gasteiger partial charge in [0.15, 0.2) is 0 Å². The van der Waals surface area contributed by atoms with Crippen LogP contribution in [-0.2, 0) is 11.0 Å². The number of hydrogen-bond acceptors (Lipinski definition) is 2. The molecule has 0 unspecified atom stereocenters. The maximum Gasteiger partial charge on any atom is 0.416 e. The minimum Gasteiger partial charge on any atom is -0.295 e. The first-order valence-electron chi connectivity index (χ1n) is 6.73. The van der Waals surface area contributed by atoms with Crippen molar-refractivity contribution in [3.8, 4) is 0 Å². The van der Waals surface area contributed by atoms with Gasteiger partial charge in [-0.1, -0.05) is 24.3 Å². The van der Waals surface area contributed by atoms with Crippen molar-refractivity contribution in [2.45, 2.75) is 11.6 Å². The highest BCUT2D eigenvalue weighted by atomic mass is 32.2. The van der Waals surface area contributed by atoms with E-state index < -0.39 is 22.9 Å². The molecule has 2 aromatic carbocycles. The van der Waals surface area contributed by atoms with E-state index in [1.54, 1.807) is 0 Å². The predicted molar refractivity (Wildman–Crippen MR) is 80.5 cm³/mol. The Balaban J connectivity index is 2.08. The molecule has 0 saturated carbocycles. The molecule has 1 fully saturated rings. The number of alkyl halides is 3. The molecular formula is C16H11F4NOS. The first-order chi connectivity index (χ1) is 10.9. The molecule has 1 heterocycles. The summed E-state index contributed by atoms with van der Waals surface area (Å²) in [7, 11) is 0. The highest BCUT2D eigenvalue weighted by molar-refractivity contribution is 8.00. The summed E-state index contributed by atoms with van der Waals surface area (Å²) in [5.41, 5.74) is -0.532. The van der Waals surface area contributed by atoms with Crippen molar-refractivity contribution in [2.24, 2.45) is 0 Å². The van der Waals surface area contributed by atoms with Gasteiger partial charge in [0.2, 0.25) is 5.91 Å². The molecule has 7 heteroatoms. The SMILES string of the molecule is O=C1CS[C@@H](c2ccccc2C(F)(F)F)N1c1cccc(F)c1. The molecule has 2 nitrogen and oxygen atoms in total. The largest absolute Gasteiger partial charge is 0.416 e. The van der Waals surface area contributed by atoms with Crippen LogP contribution in [0.4, 0.5) is 23.2 Å². The Labute approximate surface area is 134 Å². The molecule has 2 aromatic rings. The van der Waals surface area contributed by atoms with Gasteiger partial charge in [0, 0.05) is 5.69 Å². The maximum absolute atomic E-state index is 13.4. The lowest BCUT2D eigenvalue weighted by Crippen LogP contribution is -2.29. The Morgan fingerprint density at radius 1 is 1.09 bits per heavy atom. The number of benzene rings is 2. The van der Waals surface area contributed by atoms with E-state index in [1.165, 1.54) is 41.3 Å². The number of amides is 1. The summed E-state index contributed by atoms with van der Waals surface area (Å²) in [4.78, 5) is 13.4. The summed E-state index contributed by atoms with van der Waals surface area (Å²) in [6.45, 7) is 0. The van der Waals surface area contributed by atoms with Crippen LogP contribution in [0.25, 0.3) is 0 Å².